The van der Waals surface area contributed by atoms with Crippen LogP contribution in [0.2, 0.25) is 0 Å². The largest absolute Gasteiger partial charge is 0.466 e. The van der Waals surface area contributed by atoms with Gasteiger partial charge >= 0.3 is 23.9 Å². The molecule has 0 aliphatic carbocycles. The molecule has 0 aromatic heterocycles. The van der Waals surface area contributed by atoms with Crippen LogP contribution in [0.15, 0.2) is 24.3 Å². The molecule has 0 aliphatic heterocycles. The summed E-state index contributed by atoms with van der Waals surface area (Å²) in [5.74, 6) is -2.31. The minimum absolute atomic E-state index is 0.578. The molecule has 0 unspecified atom stereocenters. The first-order valence-corrected chi connectivity index (χ1v) is 5.09. The lowest BCUT2D eigenvalue weighted by atomic mass is 10.5. The van der Waals surface area contributed by atoms with Crippen LogP contribution in [0.5, 0.6) is 0 Å². The van der Waals surface area contributed by atoms with Gasteiger partial charge < -0.3 is 18.9 Å². The Labute approximate surface area is 115 Å². The summed E-state index contributed by atoms with van der Waals surface area (Å²) < 4.78 is 16.8. The molecule has 0 bridgehead atoms. The van der Waals surface area contributed by atoms with Crippen molar-refractivity contribution in [2.75, 3.05) is 28.4 Å². The van der Waals surface area contributed by atoms with Gasteiger partial charge in [0.25, 0.3) is 0 Å². The fourth-order valence-corrected chi connectivity index (χ4v) is 0.544. The highest BCUT2D eigenvalue weighted by atomic mass is 16.5. The number of ether oxygens (including phenoxy) is 4. The molecule has 0 heterocycles. The topological polar surface area (TPSA) is 105 Å². The van der Waals surface area contributed by atoms with Gasteiger partial charge in [0.2, 0.25) is 0 Å². The van der Waals surface area contributed by atoms with Crippen molar-refractivity contribution in [3.63, 3.8) is 0 Å². The van der Waals surface area contributed by atoms with Crippen LogP contribution in [-0.4, -0.2) is 52.3 Å². The van der Waals surface area contributed by atoms with Crippen LogP contribution in [0.4, 0.5) is 0 Å². The van der Waals surface area contributed by atoms with Crippen molar-refractivity contribution in [2.45, 2.75) is 0 Å². The molecule has 0 amide bonds. The number of esters is 4. The smallest absolute Gasteiger partial charge is 0.330 e. The third-order valence-electron chi connectivity index (χ3n) is 1.52. The highest BCUT2D eigenvalue weighted by molar-refractivity contribution is 5.92. The lowest BCUT2D eigenvalue weighted by molar-refractivity contribution is -0.137. The minimum atomic E-state index is -0.578. The molecular formula is C12H16O8. The average Bonchev–Trinajstić information content (AvgIpc) is 2.49. The van der Waals surface area contributed by atoms with Crippen LogP contribution in [0.1, 0.15) is 0 Å². The Morgan fingerprint density at radius 1 is 0.500 bits per heavy atom. The number of carbonyl (C=O) groups is 4. The Kier molecular flexibility index (Phi) is 12.6. The molecule has 20 heavy (non-hydrogen) atoms. The first kappa shape index (κ1) is 19.7. The van der Waals surface area contributed by atoms with Gasteiger partial charge in [0.05, 0.1) is 28.4 Å². The summed E-state index contributed by atoms with van der Waals surface area (Å²) in [6.07, 6.45) is 3.97. The molecule has 8 nitrogen and oxygen atoms in total. The van der Waals surface area contributed by atoms with Crippen molar-refractivity contribution in [1.29, 1.82) is 0 Å². The third-order valence-corrected chi connectivity index (χ3v) is 1.52. The maximum absolute atomic E-state index is 10.3. The molecule has 0 radical (unpaired) electrons. The van der Waals surface area contributed by atoms with Gasteiger partial charge in [-0.2, -0.15) is 0 Å². The van der Waals surface area contributed by atoms with E-state index in [2.05, 4.69) is 18.9 Å². The van der Waals surface area contributed by atoms with E-state index in [0.29, 0.717) is 0 Å². The summed E-state index contributed by atoms with van der Waals surface area (Å²) in [5, 5.41) is 0. The molecule has 0 N–H and O–H groups in total. The molecule has 0 aliphatic rings. The number of methoxy groups -OCH3 is 4. The van der Waals surface area contributed by atoms with E-state index in [4.69, 9.17) is 0 Å². The summed E-state index contributed by atoms with van der Waals surface area (Å²) in [7, 11) is 4.90. The lowest BCUT2D eigenvalue weighted by Gasteiger charge is -1.89. The maximum atomic E-state index is 10.3. The SMILES string of the molecule is COC(=O)/C=C/C(=O)OC.COC(=O)/C=C/C(=O)OC. The van der Waals surface area contributed by atoms with Crippen LogP contribution in [-0.2, 0) is 38.1 Å². The number of carbonyl (C=O) groups excluding carboxylic acids is 4. The van der Waals surface area contributed by atoms with Gasteiger partial charge in [0, 0.05) is 24.3 Å². The summed E-state index contributed by atoms with van der Waals surface area (Å²) in [6.45, 7) is 0. The van der Waals surface area contributed by atoms with Gasteiger partial charge in [-0.1, -0.05) is 0 Å². The predicted molar refractivity (Wildman–Crippen MR) is 66.3 cm³/mol. The fraction of sp³-hybridized carbons (Fsp3) is 0.333. The molecule has 112 valence electrons. The Balaban J connectivity index is 0. The van der Waals surface area contributed by atoms with E-state index in [1.807, 2.05) is 0 Å². The monoisotopic (exact) mass is 288 g/mol. The quantitative estimate of drug-likeness (QED) is 0.397. The molecule has 0 saturated heterocycles. The second-order valence-electron chi connectivity index (χ2n) is 2.76. The second kappa shape index (κ2) is 12.8. The Morgan fingerprint density at radius 3 is 0.750 bits per heavy atom. The Bertz CT molecular complexity index is 320. The van der Waals surface area contributed by atoms with E-state index in [1.54, 1.807) is 0 Å². The molecule has 0 fully saturated rings. The number of hydrogen-bond acceptors (Lipinski definition) is 8. The normalized spacial score (nSPS) is 9.40. The van der Waals surface area contributed by atoms with Crippen molar-refractivity contribution in [2.24, 2.45) is 0 Å². The molecule has 8 heteroatoms. The van der Waals surface area contributed by atoms with Crippen molar-refractivity contribution in [3.8, 4) is 0 Å². The Morgan fingerprint density at radius 2 is 0.650 bits per heavy atom. The van der Waals surface area contributed by atoms with Gasteiger partial charge in [-0.25, -0.2) is 19.2 Å². The highest BCUT2D eigenvalue weighted by Crippen LogP contribution is 1.81. The molecular weight excluding hydrogens is 272 g/mol. The lowest BCUT2D eigenvalue weighted by Crippen LogP contribution is -1.98. The summed E-state index contributed by atoms with van der Waals surface area (Å²) in [4.78, 5) is 41.3. The van der Waals surface area contributed by atoms with E-state index in [-0.39, 0.29) is 0 Å². The Hall–Kier alpha value is -2.64. The molecule has 0 saturated carbocycles. The van der Waals surface area contributed by atoms with E-state index < -0.39 is 23.9 Å². The van der Waals surface area contributed by atoms with Crippen LogP contribution >= 0.6 is 0 Å². The van der Waals surface area contributed by atoms with Crippen molar-refractivity contribution < 1.29 is 38.1 Å². The standard InChI is InChI=1S/2C6H8O4/c2*1-9-5(7)3-4-6(8)10-2/h2*3-4H,1-2H3/b2*4-3+. The predicted octanol–water partition coefficient (Wildman–Crippen LogP) is -0.223. The van der Waals surface area contributed by atoms with Crippen LogP contribution in [0, 0.1) is 0 Å². The van der Waals surface area contributed by atoms with Crippen LogP contribution < -0.4 is 0 Å². The molecule has 0 rings (SSSR count). The van der Waals surface area contributed by atoms with Crippen molar-refractivity contribution in [3.05, 3.63) is 24.3 Å². The first-order chi connectivity index (χ1) is 9.40. The van der Waals surface area contributed by atoms with Gasteiger partial charge in [-0.15, -0.1) is 0 Å². The van der Waals surface area contributed by atoms with Gasteiger partial charge in [-0.05, 0) is 0 Å². The van der Waals surface area contributed by atoms with Gasteiger partial charge in [-0.3, -0.25) is 0 Å². The minimum Gasteiger partial charge on any atom is -0.466 e. The van der Waals surface area contributed by atoms with E-state index in [0.717, 1.165) is 24.3 Å². The maximum Gasteiger partial charge on any atom is 0.330 e. The zero-order chi connectivity index (χ0) is 16.0. The fourth-order valence-electron chi connectivity index (χ4n) is 0.544. The molecule has 0 aromatic rings. The van der Waals surface area contributed by atoms with Gasteiger partial charge in [0.15, 0.2) is 0 Å². The summed E-state index contributed by atoms with van der Waals surface area (Å²) in [5.41, 5.74) is 0. The zero-order valence-electron chi connectivity index (χ0n) is 11.6. The molecule has 0 spiro atoms. The van der Waals surface area contributed by atoms with Crippen LogP contribution in [0.25, 0.3) is 0 Å². The van der Waals surface area contributed by atoms with Crippen molar-refractivity contribution >= 4 is 23.9 Å². The first-order valence-electron chi connectivity index (χ1n) is 5.09. The second-order valence-corrected chi connectivity index (χ2v) is 2.76. The van der Waals surface area contributed by atoms with Crippen molar-refractivity contribution in [1.82, 2.24) is 0 Å². The van der Waals surface area contributed by atoms with Gasteiger partial charge in [0.1, 0.15) is 0 Å². The zero-order valence-corrected chi connectivity index (χ0v) is 11.6. The molecule has 0 aromatic carbocycles. The summed E-state index contributed by atoms with van der Waals surface area (Å²) >= 11 is 0. The summed E-state index contributed by atoms with van der Waals surface area (Å²) in [6, 6.07) is 0. The molecule has 0 atom stereocenters. The van der Waals surface area contributed by atoms with E-state index in [9.17, 15) is 19.2 Å². The van der Waals surface area contributed by atoms with E-state index >= 15 is 0 Å². The number of hydrogen-bond donors (Lipinski definition) is 0. The van der Waals surface area contributed by atoms with Crippen LogP contribution in [0.3, 0.4) is 0 Å². The number of rotatable bonds is 4. The third kappa shape index (κ3) is 13.4. The van der Waals surface area contributed by atoms with E-state index in [1.165, 1.54) is 28.4 Å². The highest BCUT2D eigenvalue weighted by Gasteiger charge is 1.95. The average molecular weight is 288 g/mol.